The van der Waals surface area contributed by atoms with E-state index < -0.39 is 5.97 Å². The number of hydrogen-bond acceptors (Lipinski definition) is 7. The van der Waals surface area contributed by atoms with Crippen LogP contribution in [-0.4, -0.2) is 42.1 Å². The molecule has 0 spiro atoms. The van der Waals surface area contributed by atoms with Crippen LogP contribution in [0, 0.1) is 0 Å². The van der Waals surface area contributed by atoms with Crippen LogP contribution in [0.5, 0.6) is 5.88 Å². The molecule has 3 heterocycles. The molecular weight excluding hydrogens is 274 g/mol. The number of anilines is 1. The number of rotatable bonds is 4. The van der Waals surface area contributed by atoms with Gasteiger partial charge in [0.05, 0.1) is 6.33 Å². The molecule has 0 bridgehead atoms. The summed E-state index contributed by atoms with van der Waals surface area (Å²) in [6.45, 7) is 3.95. The van der Waals surface area contributed by atoms with Gasteiger partial charge < -0.3 is 15.0 Å². The smallest absolute Gasteiger partial charge is 0.363 e. The number of nitrogens with one attached hydrogen (secondary N) is 3. The molecule has 3 rings (SSSR count). The van der Waals surface area contributed by atoms with Gasteiger partial charge >= 0.3 is 5.97 Å². The average Bonchev–Trinajstić information content (AvgIpc) is 3.07. The van der Waals surface area contributed by atoms with Crippen molar-refractivity contribution < 1.29 is 9.53 Å². The Labute approximate surface area is 119 Å². The van der Waals surface area contributed by atoms with E-state index in [-0.39, 0.29) is 17.6 Å². The normalized spacial score (nSPS) is 11.0. The molecule has 0 unspecified atom stereocenters. The Balaban J connectivity index is 1.80. The molecule has 0 saturated heterocycles. The SMILES string of the molecule is CC(C)Nc1cc(C(=O)Oc2ncnc3[nH]cnc23)[nH]n1. The number of H-pyrrole nitrogens is 2. The predicted octanol–water partition coefficient (Wildman–Crippen LogP) is 1.12. The van der Waals surface area contributed by atoms with E-state index in [1.54, 1.807) is 6.07 Å². The van der Waals surface area contributed by atoms with Gasteiger partial charge in [0.15, 0.2) is 11.2 Å². The Bertz CT molecular complexity index is 777. The summed E-state index contributed by atoms with van der Waals surface area (Å²) >= 11 is 0. The molecule has 0 aliphatic carbocycles. The predicted molar refractivity (Wildman–Crippen MR) is 74.0 cm³/mol. The standard InChI is InChI=1S/C12H13N7O2/c1-6(2)17-8-3-7(18-19-8)12(20)21-11-9-10(14-4-13-9)15-5-16-11/h3-6H,1-2H3,(H2,17,18,19)(H,13,14,15,16). The molecule has 0 radical (unpaired) electrons. The molecule has 0 atom stereocenters. The van der Waals surface area contributed by atoms with Crippen LogP contribution in [0.3, 0.4) is 0 Å². The van der Waals surface area contributed by atoms with Crippen LogP contribution in [0.1, 0.15) is 24.3 Å². The lowest BCUT2D eigenvalue weighted by atomic mass is 10.3. The molecule has 3 aromatic heterocycles. The Kier molecular flexibility index (Phi) is 3.22. The Hall–Kier alpha value is -2.97. The maximum Gasteiger partial charge on any atom is 0.363 e. The van der Waals surface area contributed by atoms with Crippen LogP contribution in [0.15, 0.2) is 18.7 Å². The van der Waals surface area contributed by atoms with Crippen molar-refractivity contribution in [2.24, 2.45) is 0 Å². The highest BCUT2D eigenvalue weighted by Gasteiger charge is 2.16. The van der Waals surface area contributed by atoms with Gasteiger partial charge in [0.1, 0.15) is 17.8 Å². The summed E-state index contributed by atoms with van der Waals surface area (Å²) in [5.41, 5.74) is 1.12. The van der Waals surface area contributed by atoms with Crippen molar-refractivity contribution in [1.29, 1.82) is 0 Å². The summed E-state index contributed by atoms with van der Waals surface area (Å²) in [7, 11) is 0. The fraction of sp³-hybridized carbons (Fsp3) is 0.250. The van der Waals surface area contributed by atoms with E-state index in [0.29, 0.717) is 17.0 Å². The zero-order chi connectivity index (χ0) is 14.8. The molecule has 21 heavy (non-hydrogen) atoms. The van der Waals surface area contributed by atoms with E-state index in [4.69, 9.17) is 4.74 Å². The molecule has 0 aromatic carbocycles. The second-order valence-corrected chi connectivity index (χ2v) is 4.63. The lowest BCUT2D eigenvalue weighted by Gasteiger charge is -2.04. The Morgan fingerprint density at radius 3 is 3.00 bits per heavy atom. The van der Waals surface area contributed by atoms with Crippen molar-refractivity contribution in [1.82, 2.24) is 30.1 Å². The number of esters is 1. The largest absolute Gasteiger partial charge is 0.400 e. The molecule has 0 aliphatic rings. The van der Waals surface area contributed by atoms with E-state index in [9.17, 15) is 4.79 Å². The van der Waals surface area contributed by atoms with Gasteiger partial charge in [-0.15, -0.1) is 0 Å². The first kappa shape index (κ1) is 13.0. The summed E-state index contributed by atoms with van der Waals surface area (Å²) in [6, 6.07) is 1.79. The van der Waals surface area contributed by atoms with Crippen molar-refractivity contribution >= 4 is 23.0 Å². The second-order valence-electron chi connectivity index (χ2n) is 4.63. The third-order valence-corrected chi connectivity index (χ3v) is 2.61. The van der Waals surface area contributed by atoms with Crippen molar-refractivity contribution in [3.63, 3.8) is 0 Å². The lowest BCUT2D eigenvalue weighted by Crippen LogP contribution is -2.11. The van der Waals surface area contributed by atoms with Crippen LogP contribution in [0.2, 0.25) is 0 Å². The number of ether oxygens (including phenoxy) is 1. The summed E-state index contributed by atoms with van der Waals surface area (Å²) in [4.78, 5) is 26.8. The lowest BCUT2D eigenvalue weighted by molar-refractivity contribution is 0.0723. The van der Waals surface area contributed by atoms with E-state index in [0.717, 1.165) is 0 Å². The van der Waals surface area contributed by atoms with Crippen LogP contribution >= 0.6 is 0 Å². The maximum absolute atomic E-state index is 12.1. The first-order valence-electron chi connectivity index (χ1n) is 6.31. The van der Waals surface area contributed by atoms with Crippen LogP contribution in [0.25, 0.3) is 11.2 Å². The van der Waals surface area contributed by atoms with Crippen LogP contribution in [-0.2, 0) is 0 Å². The number of hydrogen-bond donors (Lipinski definition) is 3. The number of carbonyl (C=O) groups is 1. The summed E-state index contributed by atoms with van der Waals surface area (Å²) in [5, 5.41) is 9.67. The van der Waals surface area contributed by atoms with E-state index in [2.05, 4.69) is 35.5 Å². The third kappa shape index (κ3) is 2.66. The molecule has 9 nitrogen and oxygen atoms in total. The highest BCUT2D eigenvalue weighted by atomic mass is 16.5. The van der Waals surface area contributed by atoms with Gasteiger partial charge in [-0.05, 0) is 13.8 Å². The van der Waals surface area contributed by atoms with Gasteiger partial charge in [-0.1, -0.05) is 0 Å². The summed E-state index contributed by atoms with van der Waals surface area (Å²) in [5.74, 6) is 0.0751. The minimum Gasteiger partial charge on any atom is -0.400 e. The second kappa shape index (κ2) is 5.19. The van der Waals surface area contributed by atoms with Crippen LogP contribution < -0.4 is 10.1 Å². The molecule has 9 heteroatoms. The molecule has 0 aliphatic heterocycles. The molecule has 3 aromatic rings. The zero-order valence-electron chi connectivity index (χ0n) is 11.4. The maximum atomic E-state index is 12.1. The molecule has 0 amide bonds. The molecule has 3 N–H and O–H groups in total. The quantitative estimate of drug-likeness (QED) is 0.614. The van der Waals surface area contributed by atoms with Gasteiger partial charge in [0.2, 0.25) is 0 Å². The van der Waals surface area contributed by atoms with E-state index >= 15 is 0 Å². The number of imidazole rings is 1. The minimum absolute atomic E-state index is 0.0965. The van der Waals surface area contributed by atoms with Gasteiger partial charge in [-0.3, -0.25) is 5.10 Å². The zero-order valence-corrected chi connectivity index (χ0v) is 11.4. The molecule has 108 valence electrons. The molecule has 0 saturated carbocycles. The third-order valence-electron chi connectivity index (χ3n) is 2.61. The molecular formula is C12H13N7O2. The first-order valence-corrected chi connectivity index (χ1v) is 6.31. The number of nitrogens with zero attached hydrogens (tertiary/aromatic N) is 4. The minimum atomic E-state index is -0.595. The number of fused-ring (bicyclic) bond motifs is 1. The fourth-order valence-corrected chi connectivity index (χ4v) is 1.76. The van der Waals surface area contributed by atoms with E-state index in [1.165, 1.54) is 12.7 Å². The number of aromatic nitrogens is 6. The van der Waals surface area contributed by atoms with Crippen molar-refractivity contribution in [3.05, 3.63) is 24.4 Å². The number of carbonyl (C=O) groups excluding carboxylic acids is 1. The molecule has 0 fully saturated rings. The van der Waals surface area contributed by atoms with Crippen molar-refractivity contribution in [2.45, 2.75) is 19.9 Å². The Morgan fingerprint density at radius 1 is 1.33 bits per heavy atom. The van der Waals surface area contributed by atoms with Crippen molar-refractivity contribution in [2.75, 3.05) is 5.32 Å². The average molecular weight is 287 g/mol. The summed E-state index contributed by atoms with van der Waals surface area (Å²) in [6.07, 6.45) is 2.75. The van der Waals surface area contributed by atoms with Gasteiger partial charge in [-0.25, -0.2) is 14.8 Å². The van der Waals surface area contributed by atoms with Crippen LogP contribution in [0.4, 0.5) is 5.82 Å². The monoisotopic (exact) mass is 287 g/mol. The van der Waals surface area contributed by atoms with E-state index in [1.807, 2.05) is 13.8 Å². The number of aromatic amines is 2. The highest BCUT2D eigenvalue weighted by molar-refractivity contribution is 5.91. The fourth-order valence-electron chi connectivity index (χ4n) is 1.76. The van der Waals surface area contributed by atoms with Gasteiger partial charge in [0, 0.05) is 12.1 Å². The van der Waals surface area contributed by atoms with Crippen molar-refractivity contribution in [3.8, 4) is 5.88 Å². The summed E-state index contributed by atoms with van der Waals surface area (Å²) < 4.78 is 5.22. The highest BCUT2D eigenvalue weighted by Crippen LogP contribution is 2.18. The topological polar surface area (TPSA) is 121 Å². The van der Waals surface area contributed by atoms with Gasteiger partial charge in [-0.2, -0.15) is 10.1 Å². The Morgan fingerprint density at radius 2 is 2.19 bits per heavy atom. The van der Waals surface area contributed by atoms with Gasteiger partial charge in [0.25, 0.3) is 5.88 Å². The first-order chi connectivity index (χ1) is 10.1.